The molecular weight excluding hydrogens is 341 g/mol. The minimum atomic E-state index is -0.389. The standard InChI is InChI=1S/C19H22FNO3S/c1-12-4-10-17(25-12)16(22)9-11-18(23)21-13(2)19(24-3)14-5-7-15(20)8-6-14/h4-8,10,13,19H,9,11H2,1-3H3,(H,21,23)/t13-,19+/m0/s1. The highest BCUT2D eigenvalue weighted by atomic mass is 32.1. The lowest BCUT2D eigenvalue weighted by Crippen LogP contribution is -2.37. The van der Waals surface area contributed by atoms with Crippen molar-refractivity contribution in [3.05, 3.63) is 57.5 Å². The molecule has 6 heteroatoms. The smallest absolute Gasteiger partial charge is 0.220 e. The number of rotatable bonds is 8. The van der Waals surface area contributed by atoms with Crippen LogP contribution in [0, 0.1) is 12.7 Å². The maximum absolute atomic E-state index is 13.0. The van der Waals surface area contributed by atoms with Crippen molar-refractivity contribution in [3.63, 3.8) is 0 Å². The maximum atomic E-state index is 13.0. The van der Waals surface area contributed by atoms with Crippen LogP contribution in [-0.4, -0.2) is 24.8 Å². The molecule has 1 heterocycles. The van der Waals surface area contributed by atoms with Gasteiger partial charge in [-0.1, -0.05) is 12.1 Å². The highest BCUT2D eigenvalue weighted by Gasteiger charge is 2.21. The average molecular weight is 363 g/mol. The Hall–Kier alpha value is -2.05. The van der Waals surface area contributed by atoms with Crippen molar-refractivity contribution in [1.82, 2.24) is 5.32 Å². The van der Waals surface area contributed by atoms with E-state index in [1.165, 1.54) is 23.5 Å². The predicted molar refractivity (Wildman–Crippen MR) is 96.4 cm³/mol. The van der Waals surface area contributed by atoms with Gasteiger partial charge in [-0.2, -0.15) is 0 Å². The molecule has 134 valence electrons. The SMILES string of the molecule is CO[C@@H](c1ccc(F)cc1)[C@H](C)NC(=O)CCC(=O)c1ccc(C)s1. The Morgan fingerprint density at radius 1 is 1.16 bits per heavy atom. The van der Waals surface area contributed by atoms with Gasteiger partial charge in [0.1, 0.15) is 11.9 Å². The lowest BCUT2D eigenvalue weighted by Gasteiger charge is -2.24. The second-order valence-electron chi connectivity index (χ2n) is 5.90. The van der Waals surface area contributed by atoms with Crippen LogP contribution >= 0.6 is 11.3 Å². The summed E-state index contributed by atoms with van der Waals surface area (Å²) in [6.07, 6.45) is -0.0904. The Labute approximate surface area is 151 Å². The molecule has 1 aromatic heterocycles. The first kappa shape index (κ1) is 19.3. The van der Waals surface area contributed by atoms with E-state index in [4.69, 9.17) is 4.74 Å². The van der Waals surface area contributed by atoms with Gasteiger partial charge in [-0.05, 0) is 43.7 Å². The largest absolute Gasteiger partial charge is 0.375 e. The molecule has 0 saturated heterocycles. The van der Waals surface area contributed by atoms with Gasteiger partial charge in [0.25, 0.3) is 0 Å². The number of thiophene rings is 1. The summed E-state index contributed by atoms with van der Waals surface area (Å²) in [7, 11) is 1.54. The first-order chi connectivity index (χ1) is 11.9. The zero-order chi connectivity index (χ0) is 18.4. The molecule has 2 atom stereocenters. The third-order valence-corrected chi connectivity index (χ3v) is 4.93. The van der Waals surface area contributed by atoms with Gasteiger partial charge in [0.05, 0.1) is 10.9 Å². The number of halogens is 1. The van der Waals surface area contributed by atoms with Crippen LogP contribution in [0.2, 0.25) is 0 Å². The molecule has 0 spiro atoms. The Morgan fingerprint density at radius 2 is 1.84 bits per heavy atom. The van der Waals surface area contributed by atoms with Crippen molar-refractivity contribution in [2.75, 3.05) is 7.11 Å². The molecule has 0 radical (unpaired) electrons. The lowest BCUT2D eigenvalue weighted by molar-refractivity contribution is -0.122. The second kappa shape index (κ2) is 8.87. The quantitative estimate of drug-likeness (QED) is 0.720. The van der Waals surface area contributed by atoms with Crippen LogP contribution in [0.1, 0.15) is 46.0 Å². The van der Waals surface area contributed by atoms with Gasteiger partial charge in [0, 0.05) is 24.8 Å². The molecule has 4 nitrogen and oxygen atoms in total. The van der Waals surface area contributed by atoms with Crippen LogP contribution in [-0.2, 0) is 9.53 Å². The molecule has 0 aliphatic rings. The van der Waals surface area contributed by atoms with Gasteiger partial charge in [-0.25, -0.2) is 4.39 Å². The highest BCUT2D eigenvalue weighted by molar-refractivity contribution is 7.14. The Bertz CT molecular complexity index is 727. The molecule has 0 unspecified atom stereocenters. The number of Topliss-reactive ketones (excluding diaryl/α,β-unsaturated/α-hetero) is 1. The molecule has 0 aliphatic carbocycles. The molecule has 1 amide bonds. The molecule has 0 fully saturated rings. The molecule has 1 N–H and O–H groups in total. The summed E-state index contributed by atoms with van der Waals surface area (Å²) in [6, 6.07) is 9.37. The van der Waals surface area contributed by atoms with Crippen LogP contribution in [0.4, 0.5) is 4.39 Å². The van der Waals surface area contributed by atoms with Crippen LogP contribution in [0.5, 0.6) is 0 Å². The highest BCUT2D eigenvalue weighted by Crippen LogP contribution is 2.21. The van der Waals surface area contributed by atoms with Crippen molar-refractivity contribution in [2.24, 2.45) is 0 Å². The molecule has 2 aromatic rings. The monoisotopic (exact) mass is 363 g/mol. The van der Waals surface area contributed by atoms with Crippen molar-refractivity contribution < 1.29 is 18.7 Å². The number of carbonyl (C=O) groups is 2. The predicted octanol–water partition coefficient (Wildman–Crippen LogP) is 4.05. The number of hydrogen-bond acceptors (Lipinski definition) is 4. The number of benzene rings is 1. The molecule has 0 bridgehead atoms. The topological polar surface area (TPSA) is 55.4 Å². The molecule has 2 rings (SSSR count). The summed E-state index contributed by atoms with van der Waals surface area (Å²) in [5.74, 6) is -0.557. The molecule has 25 heavy (non-hydrogen) atoms. The first-order valence-corrected chi connectivity index (χ1v) is 8.89. The van der Waals surface area contributed by atoms with Crippen LogP contribution in [0.3, 0.4) is 0 Å². The fourth-order valence-corrected chi connectivity index (χ4v) is 3.45. The molecule has 0 saturated carbocycles. The third kappa shape index (κ3) is 5.47. The van der Waals surface area contributed by atoms with Gasteiger partial charge >= 0.3 is 0 Å². The third-order valence-electron chi connectivity index (χ3n) is 3.89. The number of methoxy groups -OCH3 is 1. The van der Waals surface area contributed by atoms with Gasteiger partial charge in [-0.3, -0.25) is 9.59 Å². The van der Waals surface area contributed by atoms with E-state index in [2.05, 4.69) is 5.32 Å². The van der Waals surface area contributed by atoms with Crippen molar-refractivity contribution in [3.8, 4) is 0 Å². The van der Waals surface area contributed by atoms with E-state index in [9.17, 15) is 14.0 Å². The van der Waals surface area contributed by atoms with Gasteiger partial charge in [0.2, 0.25) is 5.91 Å². The summed E-state index contributed by atoms with van der Waals surface area (Å²) in [5.41, 5.74) is 0.779. The number of ether oxygens (including phenoxy) is 1. The van der Waals surface area contributed by atoms with E-state index >= 15 is 0 Å². The van der Waals surface area contributed by atoms with E-state index in [0.717, 1.165) is 10.4 Å². The van der Waals surface area contributed by atoms with Crippen molar-refractivity contribution in [2.45, 2.75) is 38.8 Å². The minimum absolute atomic E-state index is 0.0253. The Balaban J connectivity index is 1.87. The number of carbonyl (C=O) groups excluding carboxylic acids is 2. The maximum Gasteiger partial charge on any atom is 0.220 e. The zero-order valence-corrected chi connectivity index (χ0v) is 15.4. The fraction of sp³-hybridized carbons (Fsp3) is 0.368. The van der Waals surface area contributed by atoms with E-state index < -0.39 is 0 Å². The van der Waals surface area contributed by atoms with E-state index in [1.807, 2.05) is 19.9 Å². The number of amides is 1. The van der Waals surface area contributed by atoms with Gasteiger partial charge < -0.3 is 10.1 Å². The average Bonchev–Trinajstić information content (AvgIpc) is 3.01. The number of ketones is 1. The van der Waals surface area contributed by atoms with Crippen LogP contribution < -0.4 is 5.32 Å². The number of aryl methyl sites for hydroxylation is 1. The molecule has 0 aliphatic heterocycles. The summed E-state index contributed by atoms with van der Waals surface area (Å²) in [6.45, 7) is 3.76. The Morgan fingerprint density at radius 3 is 2.40 bits per heavy atom. The molecule has 1 aromatic carbocycles. The second-order valence-corrected chi connectivity index (χ2v) is 7.19. The van der Waals surface area contributed by atoms with Crippen molar-refractivity contribution >= 4 is 23.0 Å². The van der Waals surface area contributed by atoms with Crippen LogP contribution in [0.25, 0.3) is 0 Å². The van der Waals surface area contributed by atoms with E-state index in [-0.39, 0.29) is 42.5 Å². The number of nitrogens with one attached hydrogen (secondary N) is 1. The van der Waals surface area contributed by atoms with E-state index in [1.54, 1.807) is 25.3 Å². The van der Waals surface area contributed by atoms with Crippen molar-refractivity contribution in [1.29, 1.82) is 0 Å². The minimum Gasteiger partial charge on any atom is -0.375 e. The fourth-order valence-electron chi connectivity index (χ4n) is 2.62. The summed E-state index contributed by atoms with van der Waals surface area (Å²) >= 11 is 1.44. The zero-order valence-electron chi connectivity index (χ0n) is 14.5. The summed E-state index contributed by atoms with van der Waals surface area (Å²) < 4.78 is 18.5. The van der Waals surface area contributed by atoms with Crippen LogP contribution in [0.15, 0.2) is 36.4 Å². The summed E-state index contributed by atoms with van der Waals surface area (Å²) in [4.78, 5) is 25.9. The van der Waals surface area contributed by atoms with E-state index in [0.29, 0.717) is 4.88 Å². The Kier molecular flexibility index (Phi) is 6.84. The van der Waals surface area contributed by atoms with Gasteiger partial charge in [0.15, 0.2) is 5.78 Å². The lowest BCUT2D eigenvalue weighted by atomic mass is 10.0. The number of hydrogen-bond donors (Lipinski definition) is 1. The molecular formula is C19H22FNO3S. The summed E-state index contributed by atoms with van der Waals surface area (Å²) in [5, 5.41) is 2.85. The normalized spacial score (nSPS) is 13.3. The van der Waals surface area contributed by atoms with Gasteiger partial charge in [-0.15, -0.1) is 11.3 Å². The first-order valence-electron chi connectivity index (χ1n) is 8.08.